The first kappa shape index (κ1) is 14.1. The van der Waals surface area contributed by atoms with E-state index in [2.05, 4.69) is 0 Å². The van der Waals surface area contributed by atoms with Crippen molar-refractivity contribution in [2.75, 3.05) is 10.8 Å². The van der Waals surface area contributed by atoms with Crippen LogP contribution in [0.3, 0.4) is 0 Å². The van der Waals surface area contributed by atoms with Crippen molar-refractivity contribution in [3.63, 3.8) is 0 Å². The summed E-state index contributed by atoms with van der Waals surface area (Å²) >= 11 is 1.24. The van der Waals surface area contributed by atoms with Gasteiger partial charge >= 0.3 is 5.97 Å². The highest BCUT2D eigenvalue weighted by Crippen LogP contribution is 2.35. The number of carbonyl (C=O) groups is 1. The third-order valence-electron chi connectivity index (χ3n) is 3.44. The summed E-state index contributed by atoms with van der Waals surface area (Å²) in [7, 11) is -3.56. The zero-order chi connectivity index (χ0) is 15.2. The van der Waals surface area contributed by atoms with Gasteiger partial charge in [0.25, 0.3) is 10.0 Å². The number of nitrogens with zero attached hydrogens (tertiary/aromatic N) is 1. The van der Waals surface area contributed by atoms with E-state index < -0.39 is 16.0 Å². The summed E-state index contributed by atoms with van der Waals surface area (Å²) in [6.07, 6.45) is 0.528. The van der Waals surface area contributed by atoms with Crippen LogP contribution in [0, 0.1) is 6.92 Å². The molecule has 1 aliphatic rings. The number of aromatic carboxylic acids is 1. The lowest BCUT2D eigenvalue weighted by Gasteiger charge is -2.18. The molecule has 1 aromatic heterocycles. The van der Waals surface area contributed by atoms with Gasteiger partial charge in [-0.05, 0) is 49.2 Å². The number of rotatable bonds is 3. The molecule has 110 valence electrons. The van der Waals surface area contributed by atoms with E-state index >= 15 is 0 Å². The molecule has 1 aliphatic heterocycles. The van der Waals surface area contributed by atoms with Crippen molar-refractivity contribution in [3.05, 3.63) is 46.3 Å². The van der Waals surface area contributed by atoms with Gasteiger partial charge < -0.3 is 5.11 Å². The molecular weight excluding hydrogens is 310 g/mol. The zero-order valence-corrected chi connectivity index (χ0v) is 12.9. The van der Waals surface area contributed by atoms with E-state index in [1.165, 1.54) is 21.7 Å². The molecule has 5 nitrogen and oxygen atoms in total. The van der Waals surface area contributed by atoms with Crippen LogP contribution in [-0.2, 0) is 16.4 Å². The number of benzene rings is 1. The number of hydrogen-bond donors (Lipinski definition) is 1. The van der Waals surface area contributed by atoms with Gasteiger partial charge in [-0.15, -0.1) is 11.3 Å². The molecule has 1 N–H and O–H groups in total. The SMILES string of the molecule is Cc1ccc(S(=O)(=O)N2CCc3cc(C(=O)O)ccc32)s1. The smallest absolute Gasteiger partial charge is 0.335 e. The predicted molar refractivity (Wildman–Crippen MR) is 80.7 cm³/mol. The fourth-order valence-electron chi connectivity index (χ4n) is 2.41. The van der Waals surface area contributed by atoms with E-state index in [1.54, 1.807) is 24.3 Å². The lowest BCUT2D eigenvalue weighted by molar-refractivity contribution is 0.0697. The van der Waals surface area contributed by atoms with E-state index in [1.807, 2.05) is 6.92 Å². The van der Waals surface area contributed by atoms with Crippen molar-refractivity contribution in [2.24, 2.45) is 0 Å². The Balaban J connectivity index is 2.03. The van der Waals surface area contributed by atoms with Gasteiger partial charge in [-0.3, -0.25) is 4.31 Å². The number of hydrogen-bond acceptors (Lipinski definition) is 4. The maximum atomic E-state index is 12.6. The number of fused-ring (bicyclic) bond motifs is 1. The standard InChI is InChI=1S/C14H13NO4S2/c1-9-2-5-13(20-9)21(18,19)15-7-6-10-8-11(14(16)17)3-4-12(10)15/h2-5,8H,6-7H2,1H3,(H,16,17). The molecule has 21 heavy (non-hydrogen) atoms. The van der Waals surface area contributed by atoms with E-state index in [0.29, 0.717) is 22.9 Å². The fourth-order valence-corrected chi connectivity index (χ4v) is 5.31. The third-order valence-corrected chi connectivity index (χ3v) is 6.72. The number of thiophene rings is 1. The van der Waals surface area contributed by atoms with Crippen molar-refractivity contribution < 1.29 is 18.3 Å². The van der Waals surface area contributed by atoms with Crippen molar-refractivity contribution in [1.29, 1.82) is 0 Å². The first-order valence-electron chi connectivity index (χ1n) is 6.35. The Labute approximate surface area is 126 Å². The summed E-state index contributed by atoms with van der Waals surface area (Å²) in [6.45, 7) is 2.21. The highest BCUT2D eigenvalue weighted by molar-refractivity contribution is 7.94. The molecular formula is C14H13NO4S2. The predicted octanol–water partition coefficient (Wildman–Crippen LogP) is 2.51. The second kappa shape index (κ2) is 4.85. The first-order valence-corrected chi connectivity index (χ1v) is 8.60. The molecule has 0 amide bonds. The minimum absolute atomic E-state index is 0.181. The van der Waals surface area contributed by atoms with Gasteiger partial charge in [-0.2, -0.15) is 0 Å². The minimum Gasteiger partial charge on any atom is -0.478 e. The Bertz CT molecular complexity index is 823. The van der Waals surface area contributed by atoms with Crippen molar-refractivity contribution >= 4 is 33.0 Å². The number of carboxylic acids is 1. The van der Waals surface area contributed by atoms with Gasteiger partial charge in [-0.1, -0.05) is 0 Å². The molecule has 7 heteroatoms. The zero-order valence-electron chi connectivity index (χ0n) is 11.2. The second-order valence-electron chi connectivity index (χ2n) is 4.84. The lowest BCUT2D eigenvalue weighted by Crippen LogP contribution is -2.28. The molecule has 0 radical (unpaired) electrons. The fraction of sp³-hybridized carbons (Fsp3) is 0.214. The van der Waals surface area contributed by atoms with Crippen molar-refractivity contribution in [3.8, 4) is 0 Å². The van der Waals surface area contributed by atoms with E-state index in [9.17, 15) is 13.2 Å². The summed E-state index contributed by atoms with van der Waals surface area (Å²) in [4.78, 5) is 11.9. The van der Waals surface area contributed by atoms with Crippen LogP contribution in [0.2, 0.25) is 0 Å². The van der Waals surface area contributed by atoms with Crippen LogP contribution in [0.5, 0.6) is 0 Å². The van der Waals surface area contributed by atoms with Gasteiger partial charge in [0.2, 0.25) is 0 Å². The third kappa shape index (κ3) is 2.32. The summed E-state index contributed by atoms with van der Waals surface area (Å²) in [5.41, 5.74) is 1.51. The van der Waals surface area contributed by atoms with Crippen LogP contribution in [0.1, 0.15) is 20.8 Å². The average Bonchev–Trinajstić information content (AvgIpc) is 3.04. The Hall–Kier alpha value is -1.86. The molecule has 0 saturated heterocycles. The molecule has 0 bridgehead atoms. The maximum absolute atomic E-state index is 12.6. The second-order valence-corrected chi connectivity index (χ2v) is 8.22. The van der Waals surface area contributed by atoms with E-state index in [4.69, 9.17) is 5.11 Å². The number of sulfonamides is 1. The molecule has 0 spiro atoms. The molecule has 0 fully saturated rings. The summed E-state index contributed by atoms with van der Waals surface area (Å²) in [6, 6.07) is 7.95. The van der Waals surface area contributed by atoms with Crippen LogP contribution < -0.4 is 4.31 Å². The van der Waals surface area contributed by atoms with Gasteiger partial charge in [0.05, 0.1) is 11.3 Å². The van der Waals surface area contributed by atoms with Gasteiger partial charge in [-0.25, -0.2) is 13.2 Å². The molecule has 2 heterocycles. The Kier molecular flexibility index (Phi) is 3.26. The van der Waals surface area contributed by atoms with Crippen LogP contribution >= 0.6 is 11.3 Å². The quantitative estimate of drug-likeness (QED) is 0.942. The van der Waals surface area contributed by atoms with Crippen LogP contribution in [0.15, 0.2) is 34.5 Å². The van der Waals surface area contributed by atoms with E-state index in [-0.39, 0.29) is 5.56 Å². The first-order chi connectivity index (χ1) is 9.89. The average molecular weight is 323 g/mol. The lowest BCUT2D eigenvalue weighted by atomic mass is 10.1. The molecule has 3 rings (SSSR count). The molecule has 1 aromatic carbocycles. The normalized spacial score (nSPS) is 14.2. The topological polar surface area (TPSA) is 74.7 Å². The summed E-state index contributed by atoms with van der Waals surface area (Å²) in [5, 5.41) is 8.99. The largest absolute Gasteiger partial charge is 0.478 e. The molecule has 0 unspecified atom stereocenters. The Morgan fingerprint density at radius 1 is 1.29 bits per heavy atom. The van der Waals surface area contributed by atoms with Crippen molar-refractivity contribution in [2.45, 2.75) is 17.6 Å². The van der Waals surface area contributed by atoms with Crippen molar-refractivity contribution in [1.82, 2.24) is 0 Å². The highest BCUT2D eigenvalue weighted by atomic mass is 32.2. The van der Waals surface area contributed by atoms with E-state index in [0.717, 1.165) is 10.4 Å². The highest BCUT2D eigenvalue weighted by Gasteiger charge is 2.32. The molecule has 0 saturated carbocycles. The molecule has 0 atom stereocenters. The Morgan fingerprint density at radius 3 is 2.67 bits per heavy atom. The van der Waals surface area contributed by atoms with Gasteiger partial charge in [0.15, 0.2) is 0 Å². The van der Waals surface area contributed by atoms with Crippen LogP contribution in [0.4, 0.5) is 5.69 Å². The van der Waals surface area contributed by atoms with Gasteiger partial charge in [0, 0.05) is 11.4 Å². The minimum atomic E-state index is -3.56. The van der Waals surface area contributed by atoms with Gasteiger partial charge in [0.1, 0.15) is 4.21 Å². The molecule has 0 aliphatic carbocycles. The monoisotopic (exact) mass is 323 g/mol. The maximum Gasteiger partial charge on any atom is 0.335 e. The van der Waals surface area contributed by atoms with Crippen LogP contribution in [0.25, 0.3) is 0 Å². The van der Waals surface area contributed by atoms with Crippen LogP contribution in [-0.4, -0.2) is 26.0 Å². The summed E-state index contributed by atoms with van der Waals surface area (Å²) in [5.74, 6) is -1.01. The number of aryl methyl sites for hydroxylation is 1. The Morgan fingerprint density at radius 2 is 2.05 bits per heavy atom. The molecule has 2 aromatic rings. The number of carboxylic acid groups (broad SMARTS) is 1. The number of anilines is 1. The summed E-state index contributed by atoms with van der Waals surface area (Å²) < 4.78 is 27.0.